The summed E-state index contributed by atoms with van der Waals surface area (Å²) in [5, 5.41) is -1.20. The summed E-state index contributed by atoms with van der Waals surface area (Å²) >= 11 is 11.0. The van der Waals surface area contributed by atoms with E-state index < -0.39 is 39.4 Å². The molecule has 2 amide bonds. The fraction of sp³-hybridized carbons (Fsp3) is 0.273. The topological polar surface area (TPSA) is 63.4 Å². The molecule has 0 saturated carbocycles. The highest BCUT2D eigenvalue weighted by Crippen LogP contribution is 2.36. The van der Waals surface area contributed by atoms with Gasteiger partial charge in [-0.25, -0.2) is 8.78 Å². The number of benzene rings is 1. The van der Waals surface area contributed by atoms with Crippen LogP contribution in [0.25, 0.3) is 0 Å². The SMILES string of the molecule is NC(=O)C1CC(=O)N(c2cc(Cl)c(F)c(Cl)c2F)C1. The second-order valence-corrected chi connectivity index (χ2v) is 4.91. The van der Waals surface area contributed by atoms with Crippen molar-refractivity contribution in [1.29, 1.82) is 0 Å². The molecular weight excluding hydrogens is 301 g/mol. The molecule has 2 rings (SSSR count). The summed E-state index contributed by atoms with van der Waals surface area (Å²) < 4.78 is 27.1. The highest BCUT2D eigenvalue weighted by Gasteiger charge is 2.36. The summed E-state index contributed by atoms with van der Waals surface area (Å²) in [7, 11) is 0. The molecule has 8 heteroatoms. The van der Waals surface area contributed by atoms with Crippen molar-refractivity contribution in [3.8, 4) is 0 Å². The van der Waals surface area contributed by atoms with Crippen LogP contribution in [-0.4, -0.2) is 18.4 Å². The Kier molecular flexibility index (Phi) is 3.64. The van der Waals surface area contributed by atoms with Crippen LogP contribution in [0, 0.1) is 17.6 Å². The van der Waals surface area contributed by atoms with Gasteiger partial charge in [-0.15, -0.1) is 0 Å². The number of hydrogen-bond acceptors (Lipinski definition) is 2. The van der Waals surface area contributed by atoms with Crippen molar-refractivity contribution in [1.82, 2.24) is 0 Å². The molecule has 1 unspecified atom stereocenters. The Labute approximate surface area is 117 Å². The van der Waals surface area contributed by atoms with Crippen LogP contribution in [-0.2, 0) is 9.59 Å². The zero-order chi connectivity index (χ0) is 14.3. The van der Waals surface area contributed by atoms with E-state index >= 15 is 0 Å². The lowest BCUT2D eigenvalue weighted by Crippen LogP contribution is -2.29. The van der Waals surface area contributed by atoms with E-state index in [9.17, 15) is 18.4 Å². The van der Waals surface area contributed by atoms with Gasteiger partial charge in [0, 0.05) is 13.0 Å². The van der Waals surface area contributed by atoms with Gasteiger partial charge >= 0.3 is 0 Å². The first-order valence-electron chi connectivity index (χ1n) is 5.25. The number of rotatable bonds is 2. The Morgan fingerprint density at radius 2 is 2.00 bits per heavy atom. The Morgan fingerprint density at radius 3 is 2.53 bits per heavy atom. The Hall–Kier alpha value is -1.40. The summed E-state index contributed by atoms with van der Waals surface area (Å²) in [4.78, 5) is 23.7. The standard InChI is InChI=1S/C11H8Cl2F2N2O2/c12-5-2-6(10(15)8(13)9(5)14)17-3-4(11(16)19)1-7(17)18/h2,4H,1,3H2,(H2,16,19). The molecule has 102 valence electrons. The zero-order valence-corrected chi connectivity index (χ0v) is 10.9. The predicted octanol–water partition coefficient (Wildman–Crippen LogP) is 2.11. The maximum Gasteiger partial charge on any atom is 0.227 e. The van der Waals surface area contributed by atoms with Gasteiger partial charge in [0.15, 0.2) is 11.6 Å². The maximum absolute atomic E-state index is 13.9. The molecule has 0 aliphatic carbocycles. The molecule has 4 nitrogen and oxygen atoms in total. The predicted molar refractivity (Wildman–Crippen MR) is 66.0 cm³/mol. The van der Waals surface area contributed by atoms with Crippen molar-refractivity contribution in [2.75, 3.05) is 11.4 Å². The molecule has 1 atom stereocenters. The average Bonchev–Trinajstić information content (AvgIpc) is 2.73. The molecule has 0 aromatic heterocycles. The quantitative estimate of drug-likeness (QED) is 0.672. The fourth-order valence-corrected chi connectivity index (χ4v) is 2.33. The number of nitrogens with zero attached hydrogens (tertiary/aromatic N) is 1. The molecule has 1 aromatic rings. The normalized spacial score (nSPS) is 19.1. The highest BCUT2D eigenvalue weighted by molar-refractivity contribution is 6.35. The van der Waals surface area contributed by atoms with Gasteiger partial charge in [-0.2, -0.15) is 0 Å². The minimum absolute atomic E-state index is 0.0800. The zero-order valence-electron chi connectivity index (χ0n) is 9.42. The van der Waals surface area contributed by atoms with Crippen LogP contribution < -0.4 is 10.6 Å². The largest absolute Gasteiger partial charge is 0.369 e. The van der Waals surface area contributed by atoms with Gasteiger partial charge < -0.3 is 10.6 Å². The van der Waals surface area contributed by atoms with Crippen LogP contribution in [0.4, 0.5) is 14.5 Å². The third kappa shape index (κ3) is 2.37. The monoisotopic (exact) mass is 308 g/mol. The number of halogens is 4. The Balaban J connectivity index is 2.43. The molecule has 1 aromatic carbocycles. The van der Waals surface area contributed by atoms with Gasteiger partial charge in [0.25, 0.3) is 0 Å². The van der Waals surface area contributed by atoms with Gasteiger partial charge in [-0.3, -0.25) is 9.59 Å². The fourth-order valence-electron chi connectivity index (χ4n) is 1.89. The van der Waals surface area contributed by atoms with Crippen molar-refractivity contribution in [2.45, 2.75) is 6.42 Å². The average molecular weight is 309 g/mol. The molecule has 0 bridgehead atoms. The molecule has 19 heavy (non-hydrogen) atoms. The second-order valence-electron chi connectivity index (χ2n) is 4.13. The first-order chi connectivity index (χ1) is 8.82. The molecule has 1 heterocycles. The lowest BCUT2D eigenvalue weighted by molar-refractivity contribution is -0.123. The molecule has 2 N–H and O–H groups in total. The molecular formula is C11H8Cl2F2N2O2. The van der Waals surface area contributed by atoms with E-state index in [1.165, 1.54) is 0 Å². The van der Waals surface area contributed by atoms with Gasteiger partial charge in [-0.05, 0) is 6.07 Å². The smallest absolute Gasteiger partial charge is 0.227 e. The summed E-state index contributed by atoms with van der Waals surface area (Å²) in [6.07, 6.45) is -0.124. The lowest BCUT2D eigenvalue weighted by Gasteiger charge is -2.18. The Bertz CT molecular complexity index is 580. The number of primary amides is 1. The first-order valence-corrected chi connectivity index (χ1v) is 6.01. The minimum Gasteiger partial charge on any atom is -0.369 e. The first kappa shape index (κ1) is 14.0. The van der Waals surface area contributed by atoms with Gasteiger partial charge in [0.2, 0.25) is 11.8 Å². The van der Waals surface area contributed by atoms with Crippen molar-refractivity contribution in [2.24, 2.45) is 11.7 Å². The van der Waals surface area contributed by atoms with Crippen LogP contribution in [0.15, 0.2) is 6.07 Å². The molecule has 0 radical (unpaired) electrons. The number of carbonyl (C=O) groups excluding carboxylic acids is 2. The van der Waals surface area contributed by atoms with Crippen molar-refractivity contribution in [3.63, 3.8) is 0 Å². The van der Waals surface area contributed by atoms with Gasteiger partial charge in [-0.1, -0.05) is 23.2 Å². The van der Waals surface area contributed by atoms with Crippen molar-refractivity contribution in [3.05, 3.63) is 27.7 Å². The molecule has 0 spiro atoms. The molecule has 1 aliphatic rings. The molecule has 1 aliphatic heterocycles. The number of anilines is 1. The van der Waals surface area contributed by atoms with E-state index in [-0.39, 0.29) is 18.7 Å². The number of amides is 2. The summed E-state index contributed by atoms with van der Waals surface area (Å²) in [6, 6.07) is 0.958. The van der Waals surface area contributed by atoms with Crippen molar-refractivity contribution < 1.29 is 18.4 Å². The minimum atomic E-state index is -1.10. The summed E-state index contributed by atoms with van der Waals surface area (Å²) in [6.45, 7) is -0.0800. The van der Waals surface area contributed by atoms with E-state index in [0.29, 0.717) is 0 Å². The van der Waals surface area contributed by atoms with Crippen molar-refractivity contribution >= 4 is 40.7 Å². The summed E-state index contributed by atoms with van der Waals surface area (Å²) in [5.41, 5.74) is 4.84. The molecule has 1 saturated heterocycles. The van der Waals surface area contributed by atoms with Crippen LogP contribution in [0.5, 0.6) is 0 Å². The van der Waals surface area contributed by atoms with E-state index in [4.69, 9.17) is 28.9 Å². The van der Waals surface area contributed by atoms with E-state index in [2.05, 4.69) is 0 Å². The number of nitrogens with two attached hydrogens (primary N) is 1. The second kappa shape index (κ2) is 4.94. The Morgan fingerprint density at radius 1 is 1.37 bits per heavy atom. The van der Waals surface area contributed by atoms with Crippen LogP contribution in [0.3, 0.4) is 0 Å². The van der Waals surface area contributed by atoms with Crippen LogP contribution in [0.1, 0.15) is 6.42 Å². The van der Waals surface area contributed by atoms with E-state index in [1.807, 2.05) is 0 Å². The highest BCUT2D eigenvalue weighted by atomic mass is 35.5. The number of hydrogen-bond donors (Lipinski definition) is 1. The lowest BCUT2D eigenvalue weighted by atomic mass is 10.1. The maximum atomic E-state index is 13.9. The molecule has 1 fully saturated rings. The third-order valence-corrected chi connectivity index (χ3v) is 3.51. The van der Waals surface area contributed by atoms with Crippen LogP contribution >= 0.6 is 23.2 Å². The van der Waals surface area contributed by atoms with Gasteiger partial charge in [0.1, 0.15) is 5.02 Å². The third-order valence-electron chi connectivity index (χ3n) is 2.90. The number of carbonyl (C=O) groups is 2. The van der Waals surface area contributed by atoms with E-state index in [0.717, 1.165) is 11.0 Å². The van der Waals surface area contributed by atoms with Gasteiger partial charge in [0.05, 0.1) is 16.6 Å². The van der Waals surface area contributed by atoms with E-state index in [1.54, 1.807) is 0 Å². The van der Waals surface area contributed by atoms with Crippen LogP contribution in [0.2, 0.25) is 10.0 Å². The summed E-state index contributed by atoms with van der Waals surface area (Å²) in [5.74, 6) is -4.06.